The van der Waals surface area contributed by atoms with E-state index in [-0.39, 0.29) is 17.2 Å². The molecule has 0 aromatic heterocycles. The number of carboxylic acid groups (broad SMARTS) is 1. The number of nitrogens with zero attached hydrogens (tertiary/aromatic N) is 1. The van der Waals surface area contributed by atoms with Crippen LogP contribution < -0.4 is 5.32 Å². The van der Waals surface area contributed by atoms with E-state index in [2.05, 4.69) is 37.6 Å². The third-order valence-corrected chi connectivity index (χ3v) is 5.09. The Balaban J connectivity index is 2.72. The number of carboxylic acids is 1. The van der Waals surface area contributed by atoms with Crippen molar-refractivity contribution in [1.29, 1.82) is 0 Å². The standard InChI is InChI=1S/C17H28N2O3S/c1-10(2)14-12(5)7-8-23-13(14)9-18-17(22)19(6)15(11(3)4)16(20)21/h7-8,10-11,13,15H,9H2,1-6H3,(H,18,22)(H,20,21)/t13?,15-/m0/s1. The minimum Gasteiger partial charge on any atom is -0.480 e. The number of likely N-dealkylation sites (N-methyl/N-ethyl adjacent to an activating group) is 1. The lowest BCUT2D eigenvalue weighted by atomic mass is 9.94. The lowest BCUT2D eigenvalue weighted by Crippen LogP contribution is -2.50. The van der Waals surface area contributed by atoms with Gasteiger partial charge in [-0.2, -0.15) is 0 Å². The Morgan fingerprint density at radius 1 is 1.35 bits per heavy atom. The first-order chi connectivity index (χ1) is 10.7. The number of hydrogen-bond acceptors (Lipinski definition) is 3. The Labute approximate surface area is 143 Å². The van der Waals surface area contributed by atoms with Crippen molar-refractivity contribution < 1.29 is 14.7 Å². The smallest absolute Gasteiger partial charge is 0.326 e. The predicted octanol–water partition coefficient (Wildman–Crippen LogP) is 3.34. The normalized spacial score (nSPS) is 19.2. The van der Waals surface area contributed by atoms with Gasteiger partial charge in [0.2, 0.25) is 0 Å². The fraction of sp³-hybridized carbons (Fsp3) is 0.647. The van der Waals surface area contributed by atoms with Gasteiger partial charge in [0.05, 0.1) is 0 Å². The van der Waals surface area contributed by atoms with Crippen molar-refractivity contribution in [2.75, 3.05) is 13.6 Å². The third-order valence-electron chi connectivity index (χ3n) is 4.05. The maximum Gasteiger partial charge on any atom is 0.326 e. The maximum absolute atomic E-state index is 12.3. The second kappa shape index (κ2) is 8.43. The van der Waals surface area contributed by atoms with Crippen LogP contribution in [0, 0.1) is 11.8 Å². The summed E-state index contributed by atoms with van der Waals surface area (Å²) in [6.07, 6.45) is 2.10. The zero-order valence-corrected chi connectivity index (χ0v) is 15.6. The summed E-state index contributed by atoms with van der Waals surface area (Å²) in [4.78, 5) is 24.9. The van der Waals surface area contributed by atoms with Gasteiger partial charge in [-0.3, -0.25) is 0 Å². The Bertz CT molecular complexity index is 512. The number of thioether (sulfide) groups is 1. The number of urea groups is 1. The summed E-state index contributed by atoms with van der Waals surface area (Å²) >= 11 is 1.69. The molecule has 0 fully saturated rings. The van der Waals surface area contributed by atoms with E-state index in [1.165, 1.54) is 23.1 Å². The highest BCUT2D eigenvalue weighted by Gasteiger charge is 2.30. The van der Waals surface area contributed by atoms with Gasteiger partial charge in [-0.1, -0.05) is 33.8 Å². The van der Waals surface area contributed by atoms with Crippen LogP contribution >= 0.6 is 11.8 Å². The average Bonchev–Trinajstić information content (AvgIpc) is 2.43. The molecule has 0 spiro atoms. The molecule has 1 heterocycles. The van der Waals surface area contributed by atoms with Crippen molar-refractivity contribution in [3.05, 3.63) is 22.6 Å². The molecule has 0 aromatic carbocycles. The molecule has 5 nitrogen and oxygen atoms in total. The van der Waals surface area contributed by atoms with Crippen molar-refractivity contribution in [1.82, 2.24) is 10.2 Å². The molecule has 130 valence electrons. The van der Waals surface area contributed by atoms with Crippen molar-refractivity contribution in [2.45, 2.75) is 45.9 Å². The molecule has 23 heavy (non-hydrogen) atoms. The molecule has 1 unspecified atom stereocenters. The van der Waals surface area contributed by atoms with Crippen molar-refractivity contribution in [3.8, 4) is 0 Å². The molecule has 1 aliphatic heterocycles. The molecular formula is C17H28N2O3S. The number of nitrogens with one attached hydrogen (secondary N) is 1. The number of amides is 2. The first kappa shape index (κ1) is 19.6. The molecule has 0 saturated carbocycles. The summed E-state index contributed by atoms with van der Waals surface area (Å²) < 4.78 is 0. The first-order valence-corrected chi connectivity index (χ1v) is 8.87. The van der Waals surface area contributed by atoms with Gasteiger partial charge in [0.1, 0.15) is 6.04 Å². The van der Waals surface area contributed by atoms with Crippen LogP contribution in [0.2, 0.25) is 0 Å². The summed E-state index contributed by atoms with van der Waals surface area (Å²) in [6, 6.07) is -1.17. The Morgan fingerprint density at radius 2 is 1.96 bits per heavy atom. The Morgan fingerprint density at radius 3 is 2.43 bits per heavy atom. The number of rotatable bonds is 6. The van der Waals surface area contributed by atoms with Crippen molar-refractivity contribution in [2.24, 2.45) is 11.8 Å². The van der Waals surface area contributed by atoms with Gasteiger partial charge in [-0.05, 0) is 35.3 Å². The number of aliphatic carboxylic acids is 1. The van der Waals surface area contributed by atoms with Crippen LogP contribution in [0.5, 0.6) is 0 Å². The minimum atomic E-state index is -0.980. The lowest BCUT2D eigenvalue weighted by molar-refractivity contribution is -0.143. The van der Waals surface area contributed by atoms with Gasteiger partial charge in [-0.25, -0.2) is 9.59 Å². The predicted molar refractivity (Wildman–Crippen MR) is 95.5 cm³/mol. The molecule has 1 rings (SSSR count). The van der Waals surface area contributed by atoms with Gasteiger partial charge < -0.3 is 15.3 Å². The summed E-state index contributed by atoms with van der Waals surface area (Å²) in [7, 11) is 1.53. The number of carbonyl (C=O) groups excluding carboxylic acids is 1. The van der Waals surface area contributed by atoms with Crippen molar-refractivity contribution in [3.63, 3.8) is 0 Å². The first-order valence-electron chi connectivity index (χ1n) is 7.92. The fourth-order valence-electron chi connectivity index (χ4n) is 2.97. The van der Waals surface area contributed by atoms with E-state index in [1.807, 2.05) is 0 Å². The third kappa shape index (κ3) is 5.03. The van der Waals surface area contributed by atoms with Crippen LogP contribution in [-0.2, 0) is 4.79 Å². The zero-order chi connectivity index (χ0) is 17.7. The number of hydrogen-bond donors (Lipinski definition) is 2. The SMILES string of the molecule is CC1=C(C(C)C)C(CNC(=O)N(C)[C@H](C(=O)O)C(C)C)SC=C1. The van der Waals surface area contributed by atoms with Crippen LogP contribution in [0.3, 0.4) is 0 Å². The second-order valence-corrected chi connectivity index (χ2v) is 7.66. The minimum absolute atomic E-state index is 0.149. The van der Waals surface area contributed by atoms with Crippen LogP contribution in [0.4, 0.5) is 4.79 Å². The van der Waals surface area contributed by atoms with Crippen LogP contribution in [0.15, 0.2) is 22.6 Å². The molecule has 1 aliphatic rings. The van der Waals surface area contributed by atoms with E-state index < -0.39 is 12.0 Å². The van der Waals surface area contributed by atoms with Gasteiger partial charge in [0.25, 0.3) is 0 Å². The molecule has 0 bridgehead atoms. The Kier molecular flexibility index (Phi) is 7.19. The highest BCUT2D eigenvalue weighted by molar-refractivity contribution is 8.03. The van der Waals surface area contributed by atoms with E-state index in [0.717, 1.165) is 0 Å². The number of allylic oxidation sites excluding steroid dienone is 2. The molecule has 2 amide bonds. The summed E-state index contributed by atoms with van der Waals surface area (Å²) in [5, 5.41) is 14.4. The van der Waals surface area contributed by atoms with E-state index in [1.54, 1.807) is 25.6 Å². The molecule has 0 aromatic rings. The molecule has 0 radical (unpaired) electrons. The largest absolute Gasteiger partial charge is 0.480 e. The van der Waals surface area contributed by atoms with Gasteiger partial charge in [0, 0.05) is 18.8 Å². The van der Waals surface area contributed by atoms with Crippen LogP contribution in [0.25, 0.3) is 0 Å². The quantitative estimate of drug-likeness (QED) is 0.778. The average molecular weight is 340 g/mol. The highest BCUT2D eigenvalue weighted by atomic mass is 32.2. The molecule has 2 N–H and O–H groups in total. The van der Waals surface area contributed by atoms with Crippen LogP contribution in [0.1, 0.15) is 34.6 Å². The highest BCUT2D eigenvalue weighted by Crippen LogP contribution is 2.33. The van der Waals surface area contributed by atoms with E-state index in [0.29, 0.717) is 12.5 Å². The van der Waals surface area contributed by atoms with Crippen LogP contribution in [-0.4, -0.2) is 46.9 Å². The van der Waals surface area contributed by atoms with E-state index >= 15 is 0 Å². The second-order valence-electron chi connectivity index (χ2n) is 6.54. The van der Waals surface area contributed by atoms with Gasteiger partial charge in [0.15, 0.2) is 0 Å². The van der Waals surface area contributed by atoms with Crippen molar-refractivity contribution >= 4 is 23.8 Å². The molecule has 2 atom stereocenters. The monoisotopic (exact) mass is 340 g/mol. The Hall–Kier alpha value is -1.43. The summed E-state index contributed by atoms with van der Waals surface area (Å²) in [5.41, 5.74) is 2.58. The van der Waals surface area contributed by atoms with E-state index in [9.17, 15) is 14.7 Å². The molecule has 0 saturated heterocycles. The van der Waals surface area contributed by atoms with Gasteiger partial charge >= 0.3 is 12.0 Å². The summed E-state index contributed by atoms with van der Waals surface area (Å²) in [5.74, 6) is -0.718. The maximum atomic E-state index is 12.3. The van der Waals surface area contributed by atoms with Gasteiger partial charge in [-0.15, -0.1) is 11.8 Å². The molecular weight excluding hydrogens is 312 g/mol. The summed E-state index contributed by atoms with van der Waals surface area (Å²) in [6.45, 7) is 10.5. The zero-order valence-electron chi connectivity index (χ0n) is 14.8. The molecule has 6 heteroatoms. The fourth-order valence-corrected chi connectivity index (χ4v) is 4.23. The topological polar surface area (TPSA) is 69.6 Å². The van der Waals surface area contributed by atoms with E-state index in [4.69, 9.17) is 0 Å². The molecule has 0 aliphatic carbocycles. The number of carbonyl (C=O) groups is 2. The lowest BCUT2D eigenvalue weighted by Gasteiger charge is -2.30.